The molecule has 118 valence electrons. The van der Waals surface area contributed by atoms with Crippen molar-refractivity contribution < 1.29 is 4.79 Å². The summed E-state index contributed by atoms with van der Waals surface area (Å²) in [6.45, 7) is 8.79. The number of carbonyl (C=O) groups is 1. The quantitative estimate of drug-likeness (QED) is 0.872. The van der Waals surface area contributed by atoms with Crippen molar-refractivity contribution in [3.63, 3.8) is 0 Å². The first kappa shape index (κ1) is 15.0. The lowest BCUT2D eigenvalue weighted by Crippen LogP contribution is -2.29. The van der Waals surface area contributed by atoms with Crippen molar-refractivity contribution in [2.24, 2.45) is 5.92 Å². The number of pyridine rings is 1. The van der Waals surface area contributed by atoms with E-state index in [0.29, 0.717) is 18.3 Å². The molecular formula is C17H24N4O. The van der Waals surface area contributed by atoms with Crippen molar-refractivity contribution in [2.45, 2.75) is 46.1 Å². The van der Waals surface area contributed by atoms with Gasteiger partial charge in [-0.3, -0.25) is 4.79 Å². The van der Waals surface area contributed by atoms with Crippen LogP contribution in [-0.4, -0.2) is 38.4 Å². The Morgan fingerprint density at radius 2 is 2.27 bits per heavy atom. The fourth-order valence-corrected chi connectivity index (χ4v) is 3.28. The summed E-state index contributed by atoms with van der Waals surface area (Å²) in [5.41, 5.74) is 1.90. The lowest BCUT2D eigenvalue weighted by Gasteiger charge is -2.18. The van der Waals surface area contributed by atoms with Crippen LogP contribution < -0.4 is 0 Å². The first-order valence-electron chi connectivity index (χ1n) is 8.19. The molecule has 0 radical (unpaired) electrons. The van der Waals surface area contributed by atoms with Gasteiger partial charge < -0.3 is 9.47 Å². The third-order valence-electron chi connectivity index (χ3n) is 4.34. The highest BCUT2D eigenvalue weighted by Crippen LogP contribution is 2.29. The molecule has 22 heavy (non-hydrogen) atoms. The van der Waals surface area contributed by atoms with Crippen LogP contribution in [0.2, 0.25) is 0 Å². The number of hydrogen-bond donors (Lipinski definition) is 0. The molecule has 1 saturated heterocycles. The molecule has 0 unspecified atom stereocenters. The number of amides is 1. The van der Waals surface area contributed by atoms with E-state index in [4.69, 9.17) is 4.98 Å². The lowest BCUT2D eigenvalue weighted by atomic mass is 10.1. The molecule has 0 N–H and O–H groups in total. The first-order chi connectivity index (χ1) is 10.6. The molecule has 1 aliphatic rings. The zero-order valence-corrected chi connectivity index (χ0v) is 13.6. The van der Waals surface area contributed by atoms with Crippen LogP contribution >= 0.6 is 0 Å². The Balaban J connectivity index is 1.82. The Morgan fingerprint density at radius 1 is 1.45 bits per heavy atom. The summed E-state index contributed by atoms with van der Waals surface area (Å²) in [7, 11) is 0. The smallest absolute Gasteiger partial charge is 0.222 e. The van der Waals surface area contributed by atoms with Gasteiger partial charge in [-0.2, -0.15) is 0 Å². The number of likely N-dealkylation sites (tertiary alicyclic amines) is 1. The Morgan fingerprint density at radius 3 is 3.00 bits per heavy atom. The molecule has 0 aliphatic carbocycles. The van der Waals surface area contributed by atoms with Crippen molar-refractivity contribution >= 4 is 17.1 Å². The maximum atomic E-state index is 12.2. The molecule has 2 aromatic rings. The van der Waals surface area contributed by atoms with E-state index in [2.05, 4.69) is 30.3 Å². The van der Waals surface area contributed by atoms with E-state index >= 15 is 0 Å². The number of aryl methyl sites for hydroxylation is 1. The number of hydrogen-bond acceptors (Lipinski definition) is 3. The van der Waals surface area contributed by atoms with Gasteiger partial charge in [-0.05, 0) is 31.4 Å². The van der Waals surface area contributed by atoms with Crippen LogP contribution in [0.25, 0.3) is 11.2 Å². The number of fused-ring (bicyclic) bond motifs is 1. The van der Waals surface area contributed by atoms with Gasteiger partial charge in [-0.25, -0.2) is 9.97 Å². The molecule has 5 heteroatoms. The molecule has 1 fully saturated rings. The Hall–Kier alpha value is -1.91. The van der Waals surface area contributed by atoms with Crippen LogP contribution in [0.3, 0.4) is 0 Å². The van der Waals surface area contributed by atoms with Gasteiger partial charge in [0.25, 0.3) is 0 Å². The Bertz CT molecular complexity index is 676. The van der Waals surface area contributed by atoms with Crippen LogP contribution in [0.5, 0.6) is 0 Å². The summed E-state index contributed by atoms with van der Waals surface area (Å²) in [5.74, 6) is 2.09. The van der Waals surface area contributed by atoms with E-state index < -0.39 is 0 Å². The van der Waals surface area contributed by atoms with Gasteiger partial charge in [0, 0.05) is 38.2 Å². The van der Waals surface area contributed by atoms with Gasteiger partial charge in [0.1, 0.15) is 11.3 Å². The fraction of sp³-hybridized carbons (Fsp3) is 0.588. The zero-order valence-electron chi connectivity index (χ0n) is 13.6. The highest BCUT2D eigenvalue weighted by Gasteiger charge is 2.30. The van der Waals surface area contributed by atoms with E-state index in [1.54, 1.807) is 0 Å². The number of imidazole rings is 1. The van der Waals surface area contributed by atoms with Crippen LogP contribution in [-0.2, 0) is 11.3 Å². The molecule has 0 saturated carbocycles. The van der Waals surface area contributed by atoms with Gasteiger partial charge in [0.05, 0.1) is 0 Å². The van der Waals surface area contributed by atoms with Crippen LogP contribution in [0.15, 0.2) is 18.3 Å². The Kier molecular flexibility index (Phi) is 4.14. The zero-order chi connectivity index (χ0) is 15.7. The van der Waals surface area contributed by atoms with Crippen molar-refractivity contribution in [3.8, 4) is 0 Å². The van der Waals surface area contributed by atoms with Crippen molar-refractivity contribution in [1.82, 2.24) is 19.4 Å². The predicted octanol–water partition coefficient (Wildman–Crippen LogP) is 2.81. The van der Waals surface area contributed by atoms with Crippen LogP contribution in [0.4, 0.5) is 0 Å². The fourth-order valence-electron chi connectivity index (χ4n) is 3.28. The molecule has 0 bridgehead atoms. The SMILES string of the molecule is CCn1c([C@H]2CCN(C(=O)CC(C)C)C2)nc2cccnc21. The van der Waals surface area contributed by atoms with Crippen molar-refractivity contribution in [3.05, 3.63) is 24.2 Å². The van der Waals surface area contributed by atoms with Gasteiger partial charge in [0.2, 0.25) is 5.91 Å². The molecule has 1 aliphatic heterocycles. The minimum atomic E-state index is 0.273. The van der Waals surface area contributed by atoms with Crippen LogP contribution in [0, 0.1) is 5.92 Å². The third kappa shape index (κ3) is 2.72. The normalized spacial score (nSPS) is 18.5. The molecule has 5 nitrogen and oxygen atoms in total. The topological polar surface area (TPSA) is 51.0 Å². The largest absolute Gasteiger partial charge is 0.342 e. The number of carbonyl (C=O) groups excluding carboxylic acids is 1. The van der Waals surface area contributed by atoms with Gasteiger partial charge in [0.15, 0.2) is 5.65 Å². The summed E-state index contributed by atoms with van der Waals surface area (Å²) < 4.78 is 2.19. The predicted molar refractivity (Wildman–Crippen MR) is 86.6 cm³/mol. The van der Waals surface area contributed by atoms with Gasteiger partial charge >= 0.3 is 0 Å². The minimum Gasteiger partial charge on any atom is -0.342 e. The minimum absolute atomic E-state index is 0.273. The number of rotatable bonds is 4. The second-order valence-electron chi connectivity index (χ2n) is 6.48. The summed E-state index contributed by atoms with van der Waals surface area (Å²) in [6, 6.07) is 3.93. The average molecular weight is 300 g/mol. The highest BCUT2D eigenvalue weighted by atomic mass is 16.2. The molecular weight excluding hydrogens is 276 g/mol. The molecule has 1 atom stereocenters. The second-order valence-corrected chi connectivity index (χ2v) is 6.48. The number of aromatic nitrogens is 3. The monoisotopic (exact) mass is 300 g/mol. The molecule has 2 aromatic heterocycles. The molecule has 1 amide bonds. The molecule has 0 spiro atoms. The van der Waals surface area contributed by atoms with Crippen molar-refractivity contribution in [2.75, 3.05) is 13.1 Å². The van der Waals surface area contributed by atoms with E-state index in [1.807, 2.05) is 23.2 Å². The first-order valence-corrected chi connectivity index (χ1v) is 8.19. The van der Waals surface area contributed by atoms with Gasteiger partial charge in [-0.15, -0.1) is 0 Å². The van der Waals surface area contributed by atoms with Crippen LogP contribution in [0.1, 0.15) is 45.4 Å². The maximum absolute atomic E-state index is 12.2. The van der Waals surface area contributed by atoms with E-state index in [1.165, 1.54) is 0 Å². The van der Waals surface area contributed by atoms with Gasteiger partial charge in [-0.1, -0.05) is 13.8 Å². The van der Waals surface area contributed by atoms with E-state index in [0.717, 1.165) is 43.0 Å². The highest BCUT2D eigenvalue weighted by molar-refractivity contribution is 5.77. The summed E-state index contributed by atoms with van der Waals surface area (Å²) in [5, 5.41) is 0. The average Bonchev–Trinajstić information content (AvgIpc) is 3.10. The summed E-state index contributed by atoms with van der Waals surface area (Å²) >= 11 is 0. The Labute approximate surface area is 131 Å². The number of nitrogens with zero attached hydrogens (tertiary/aromatic N) is 4. The van der Waals surface area contributed by atoms with E-state index in [-0.39, 0.29) is 5.91 Å². The van der Waals surface area contributed by atoms with E-state index in [9.17, 15) is 4.79 Å². The lowest BCUT2D eigenvalue weighted by molar-refractivity contribution is -0.130. The standard InChI is InChI=1S/C17H24N4O/c1-4-21-16(19-14-6-5-8-18-17(14)21)13-7-9-20(11-13)15(22)10-12(2)3/h5-6,8,12-13H,4,7,9-11H2,1-3H3/t13-/m0/s1. The van der Waals surface area contributed by atoms with Crippen molar-refractivity contribution in [1.29, 1.82) is 0 Å². The second kappa shape index (κ2) is 6.07. The molecule has 3 rings (SSSR count). The maximum Gasteiger partial charge on any atom is 0.222 e. The molecule has 3 heterocycles. The third-order valence-corrected chi connectivity index (χ3v) is 4.34. The molecule has 0 aromatic carbocycles. The summed E-state index contributed by atoms with van der Waals surface area (Å²) in [4.78, 5) is 23.5. The summed E-state index contributed by atoms with van der Waals surface area (Å²) in [6.07, 6.45) is 3.44.